The molecule has 0 saturated heterocycles. The third-order valence-electron chi connectivity index (χ3n) is 3.77. The highest BCUT2D eigenvalue weighted by molar-refractivity contribution is 5.77. The van der Waals surface area contributed by atoms with Gasteiger partial charge in [-0.05, 0) is 25.0 Å². The number of anilines is 1. The lowest BCUT2D eigenvalue weighted by Gasteiger charge is -2.29. The first kappa shape index (κ1) is 16.3. The number of hydrogen-bond donors (Lipinski definition) is 3. The quantitative estimate of drug-likeness (QED) is 0.631. The molecule has 0 bridgehead atoms. The normalized spacial score (nSPS) is 11.2. The Balaban J connectivity index is 2.43. The van der Waals surface area contributed by atoms with Crippen LogP contribution in [0.5, 0.6) is 5.75 Å². The van der Waals surface area contributed by atoms with E-state index in [1.54, 1.807) is 24.3 Å². The van der Waals surface area contributed by atoms with Gasteiger partial charge in [0.05, 0.1) is 12.3 Å². The molecule has 20 heavy (non-hydrogen) atoms. The molecule has 0 aliphatic heterocycles. The first-order valence-corrected chi connectivity index (χ1v) is 6.91. The largest absolute Gasteiger partial charge is 0.482 e. The Morgan fingerprint density at radius 1 is 1.35 bits per heavy atom. The van der Waals surface area contributed by atoms with Crippen LogP contribution in [0, 0.1) is 5.41 Å². The van der Waals surface area contributed by atoms with E-state index in [1.807, 2.05) is 13.8 Å². The van der Waals surface area contributed by atoms with Gasteiger partial charge in [-0.1, -0.05) is 26.0 Å². The average molecular weight is 280 g/mol. The van der Waals surface area contributed by atoms with Gasteiger partial charge in [0.1, 0.15) is 5.75 Å². The SMILES string of the molecule is CCC(CC)(CO)CNC(=O)COc1ccccc1N. The van der Waals surface area contributed by atoms with E-state index in [1.165, 1.54) is 0 Å². The molecule has 5 nitrogen and oxygen atoms in total. The number of nitrogen functional groups attached to an aromatic ring is 1. The molecule has 1 aromatic rings. The van der Waals surface area contributed by atoms with E-state index < -0.39 is 0 Å². The lowest BCUT2D eigenvalue weighted by atomic mass is 9.83. The summed E-state index contributed by atoms with van der Waals surface area (Å²) in [5.74, 6) is 0.287. The molecule has 1 rings (SSSR count). The van der Waals surface area contributed by atoms with E-state index in [-0.39, 0.29) is 24.5 Å². The Kier molecular flexibility index (Phi) is 6.31. The van der Waals surface area contributed by atoms with Crippen molar-refractivity contribution >= 4 is 11.6 Å². The topological polar surface area (TPSA) is 84.6 Å². The second-order valence-corrected chi connectivity index (χ2v) is 4.97. The van der Waals surface area contributed by atoms with Crippen LogP contribution in [0.3, 0.4) is 0 Å². The van der Waals surface area contributed by atoms with E-state index in [0.717, 1.165) is 12.8 Å². The minimum atomic E-state index is -0.249. The van der Waals surface area contributed by atoms with Gasteiger partial charge in [0, 0.05) is 12.0 Å². The van der Waals surface area contributed by atoms with Gasteiger partial charge in [-0.15, -0.1) is 0 Å². The summed E-state index contributed by atoms with van der Waals surface area (Å²) in [4.78, 5) is 11.8. The van der Waals surface area contributed by atoms with E-state index in [4.69, 9.17) is 10.5 Å². The Morgan fingerprint density at radius 2 is 2.00 bits per heavy atom. The number of ether oxygens (including phenoxy) is 1. The van der Waals surface area contributed by atoms with Gasteiger partial charge in [0.2, 0.25) is 0 Å². The molecular weight excluding hydrogens is 256 g/mol. The second kappa shape index (κ2) is 7.75. The zero-order valence-electron chi connectivity index (χ0n) is 12.2. The molecule has 0 spiro atoms. The van der Waals surface area contributed by atoms with Gasteiger partial charge in [0.25, 0.3) is 5.91 Å². The zero-order chi connectivity index (χ0) is 15.0. The van der Waals surface area contributed by atoms with Gasteiger partial charge in [0.15, 0.2) is 6.61 Å². The number of nitrogens with one attached hydrogen (secondary N) is 1. The maximum absolute atomic E-state index is 11.8. The monoisotopic (exact) mass is 280 g/mol. The van der Waals surface area contributed by atoms with Gasteiger partial charge >= 0.3 is 0 Å². The maximum Gasteiger partial charge on any atom is 0.257 e. The molecule has 0 aliphatic carbocycles. The molecule has 1 amide bonds. The number of nitrogens with two attached hydrogens (primary N) is 1. The van der Waals surface area contributed by atoms with Crippen LogP contribution in [-0.2, 0) is 4.79 Å². The van der Waals surface area contributed by atoms with E-state index in [0.29, 0.717) is 18.0 Å². The van der Waals surface area contributed by atoms with Crippen LogP contribution in [0.2, 0.25) is 0 Å². The lowest BCUT2D eigenvalue weighted by molar-refractivity contribution is -0.123. The van der Waals surface area contributed by atoms with Crippen molar-refractivity contribution < 1.29 is 14.6 Å². The predicted octanol–water partition coefficient (Wildman–Crippen LogP) is 1.56. The summed E-state index contributed by atoms with van der Waals surface area (Å²) in [5, 5.41) is 12.2. The van der Waals surface area contributed by atoms with E-state index in [9.17, 15) is 9.90 Å². The average Bonchev–Trinajstić information content (AvgIpc) is 2.48. The number of hydrogen-bond acceptors (Lipinski definition) is 4. The van der Waals surface area contributed by atoms with Crippen LogP contribution in [-0.4, -0.2) is 30.8 Å². The van der Waals surface area contributed by atoms with Crippen molar-refractivity contribution in [2.45, 2.75) is 26.7 Å². The van der Waals surface area contributed by atoms with Crippen molar-refractivity contribution in [3.05, 3.63) is 24.3 Å². The molecule has 0 heterocycles. The van der Waals surface area contributed by atoms with Crippen LogP contribution in [0.1, 0.15) is 26.7 Å². The summed E-state index contributed by atoms with van der Waals surface area (Å²) in [6.07, 6.45) is 1.62. The number of amides is 1. The number of rotatable bonds is 8. The van der Waals surface area contributed by atoms with Crippen LogP contribution >= 0.6 is 0 Å². The van der Waals surface area contributed by atoms with Gasteiger partial charge in [-0.25, -0.2) is 0 Å². The molecule has 5 heteroatoms. The van der Waals surface area contributed by atoms with Crippen molar-refractivity contribution in [1.82, 2.24) is 5.32 Å². The number of aliphatic hydroxyl groups is 1. The number of benzene rings is 1. The van der Waals surface area contributed by atoms with Crippen molar-refractivity contribution in [2.24, 2.45) is 5.41 Å². The highest BCUT2D eigenvalue weighted by atomic mass is 16.5. The fourth-order valence-corrected chi connectivity index (χ4v) is 1.87. The molecule has 1 aromatic carbocycles. The summed E-state index contributed by atoms with van der Waals surface area (Å²) in [6, 6.07) is 7.05. The standard InChI is InChI=1S/C15H24N2O3/c1-3-15(4-2,11-18)10-17-14(19)9-20-13-8-6-5-7-12(13)16/h5-8,18H,3-4,9-11,16H2,1-2H3,(H,17,19). The van der Waals surface area contributed by atoms with Crippen LogP contribution < -0.4 is 15.8 Å². The first-order chi connectivity index (χ1) is 9.56. The lowest BCUT2D eigenvalue weighted by Crippen LogP contribution is -2.41. The van der Waals surface area contributed by atoms with Crippen molar-refractivity contribution in [2.75, 3.05) is 25.5 Å². The Labute approximate surface area is 120 Å². The van der Waals surface area contributed by atoms with Crippen LogP contribution in [0.4, 0.5) is 5.69 Å². The molecule has 0 fully saturated rings. The molecule has 4 N–H and O–H groups in total. The fourth-order valence-electron chi connectivity index (χ4n) is 1.87. The third kappa shape index (κ3) is 4.42. The second-order valence-electron chi connectivity index (χ2n) is 4.97. The summed E-state index contributed by atoms with van der Waals surface area (Å²) < 4.78 is 5.37. The summed E-state index contributed by atoms with van der Waals surface area (Å²) in [6.45, 7) is 4.44. The number of carbonyl (C=O) groups is 1. The zero-order valence-corrected chi connectivity index (χ0v) is 12.2. The summed E-state index contributed by atoms with van der Waals surface area (Å²) >= 11 is 0. The molecular formula is C15H24N2O3. The minimum absolute atomic E-state index is 0.0623. The molecule has 0 unspecified atom stereocenters. The molecule has 0 saturated carbocycles. The van der Waals surface area contributed by atoms with Crippen molar-refractivity contribution in [3.8, 4) is 5.75 Å². The van der Waals surface area contributed by atoms with Gasteiger partial charge in [-0.3, -0.25) is 4.79 Å². The Morgan fingerprint density at radius 3 is 2.55 bits per heavy atom. The van der Waals surface area contributed by atoms with E-state index in [2.05, 4.69) is 5.32 Å². The van der Waals surface area contributed by atoms with Gasteiger partial charge in [-0.2, -0.15) is 0 Å². The van der Waals surface area contributed by atoms with Crippen molar-refractivity contribution in [3.63, 3.8) is 0 Å². The summed E-state index contributed by atoms with van der Waals surface area (Å²) in [5.41, 5.74) is 5.98. The smallest absolute Gasteiger partial charge is 0.257 e. The third-order valence-corrected chi connectivity index (χ3v) is 3.77. The number of carbonyl (C=O) groups excluding carboxylic acids is 1. The minimum Gasteiger partial charge on any atom is -0.482 e. The fraction of sp³-hybridized carbons (Fsp3) is 0.533. The Bertz CT molecular complexity index is 423. The molecule has 0 atom stereocenters. The van der Waals surface area contributed by atoms with Gasteiger partial charge < -0.3 is 20.9 Å². The van der Waals surface area contributed by atoms with Crippen LogP contribution in [0.25, 0.3) is 0 Å². The van der Waals surface area contributed by atoms with E-state index >= 15 is 0 Å². The molecule has 0 radical (unpaired) electrons. The maximum atomic E-state index is 11.8. The first-order valence-electron chi connectivity index (χ1n) is 6.91. The molecule has 112 valence electrons. The highest BCUT2D eigenvalue weighted by Gasteiger charge is 2.25. The van der Waals surface area contributed by atoms with Crippen molar-refractivity contribution in [1.29, 1.82) is 0 Å². The van der Waals surface area contributed by atoms with Crippen LogP contribution in [0.15, 0.2) is 24.3 Å². The predicted molar refractivity (Wildman–Crippen MR) is 79.5 cm³/mol. The highest BCUT2D eigenvalue weighted by Crippen LogP contribution is 2.24. The summed E-state index contributed by atoms with van der Waals surface area (Å²) in [7, 11) is 0. The number of para-hydroxylation sites is 2. The Hall–Kier alpha value is -1.75. The molecule has 0 aliphatic rings. The molecule has 0 aromatic heterocycles. The number of aliphatic hydroxyl groups excluding tert-OH is 1.